The number of piperazine rings is 1. The highest BCUT2D eigenvalue weighted by molar-refractivity contribution is 5.36. The summed E-state index contributed by atoms with van der Waals surface area (Å²) in [6.07, 6.45) is -1.06. The lowest BCUT2D eigenvalue weighted by atomic mass is 10.1. The van der Waals surface area contributed by atoms with Gasteiger partial charge in [-0.3, -0.25) is 9.80 Å². The summed E-state index contributed by atoms with van der Waals surface area (Å²) in [5.41, 5.74) is 4.46. The van der Waals surface area contributed by atoms with Crippen LogP contribution in [0.1, 0.15) is 22.3 Å². The molecule has 1 saturated heterocycles. The first kappa shape index (κ1) is 24.5. The second-order valence-corrected chi connectivity index (χ2v) is 9.07. The molecule has 32 heavy (non-hydrogen) atoms. The number of ether oxygens (including phenoxy) is 2. The van der Waals surface area contributed by atoms with Crippen molar-refractivity contribution >= 4 is 0 Å². The van der Waals surface area contributed by atoms with E-state index in [9.17, 15) is 10.2 Å². The second-order valence-electron chi connectivity index (χ2n) is 9.07. The Bertz CT molecular complexity index is 793. The molecule has 6 nitrogen and oxygen atoms in total. The maximum absolute atomic E-state index is 10.4. The predicted molar refractivity (Wildman–Crippen MR) is 128 cm³/mol. The highest BCUT2D eigenvalue weighted by Gasteiger charge is 2.21. The molecular formula is C26H38N2O4. The van der Waals surface area contributed by atoms with Crippen LogP contribution in [0.25, 0.3) is 0 Å². The minimum Gasteiger partial charge on any atom is -0.491 e. The third-order valence-corrected chi connectivity index (χ3v) is 5.95. The SMILES string of the molecule is Cc1ccc(C)c(OCC(O)CN2CCN(CC(O)COc3cc(C)ccc3C)CC2)c1. The number of nitrogens with zero attached hydrogens (tertiary/aromatic N) is 2. The number of aryl methyl sites for hydroxylation is 4. The van der Waals surface area contributed by atoms with Gasteiger partial charge in [-0.2, -0.15) is 0 Å². The predicted octanol–water partition coefficient (Wildman–Crippen LogP) is 2.72. The Balaban J connectivity index is 1.34. The van der Waals surface area contributed by atoms with E-state index < -0.39 is 12.2 Å². The maximum atomic E-state index is 10.4. The van der Waals surface area contributed by atoms with Gasteiger partial charge in [0.1, 0.15) is 36.9 Å². The van der Waals surface area contributed by atoms with E-state index in [1.807, 2.05) is 52.0 Å². The highest BCUT2D eigenvalue weighted by Crippen LogP contribution is 2.20. The summed E-state index contributed by atoms with van der Waals surface area (Å²) >= 11 is 0. The molecule has 2 aromatic carbocycles. The summed E-state index contributed by atoms with van der Waals surface area (Å²) in [6.45, 7) is 13.3. The van der Waals surface area contributed by atoms with Crippen LogP contribution < -0.4 is 9.47 Å². The molecule has 2 aromatic rings. The van der Waals surface area contributed by atoms with Gasteiger partial charge in [-0.25, -0.2) is 0 Å². The third kappa shape index (κ3) is 7.48. The average molecular weight is 443 g/mol. The van der Waals surface area contributed by atoms with Crippen molar-refractivity contribution < 1.29 is 19.7 Å². The molecular weight excluding hydrogens is 404 g/mol. The number of rotatable bonds is 10. The maximum Gasteiger partial charge on any atom is 0.122 e. The summed E-state index contributed by atoms with van der Waals surface area (Å²) in [7, 11) is 0. The molecule has 0 saturated carbocycles. The zero-order chi connectivity index (χ0) is 23.1. The Kier molecular flexibility index (Phi) is 8.93. The van der Waals surface area contributed by atoms with Crippen molar-refractivity contribution in [2.45, 2.75) is 39.9 Å². The second kappa shape index (κ2) is 11.7. The minimum absolute atomic E-state index is 0.291. The van der Waals surface area contributed by atoms with Crippen LogP contribution in [0, 0.1) is 27.7 Å². The molecule has 0 amide bonds. The zero-order valence-corrected chi connectivity index (χ0v) is 19.9. The molecule has 176 valence electrons. The quantitative estimate of drug-likeness (QED) is 0.590. The number of hydrogen-bond donors (Lipinski definition) is 2. The first-order valence-electron chi connectivity index (χ1n) is 11.5. The van der Waals surface area contributed by atoms with Gasteiger partial charge in [0, 0.05) is 39.3 Å². The van der Waals surface area contributed by atoms with Gasteiger partial charge in [-0.05, 0) is 62.1 Å². The van der Waals surface area contributed by atoms with Crippen molar-refractivity contribution in [2.75, 3.05) is 52.5 Å². The van der Waals surface area contributed by atoms with Gasteiger partial charge in [0.15, 0.2) is 0 Å². The Morgan fingerprint density at radius 2 is 1.06 bits per heavy atom. The van der Waals surface area contributed by atoms with Gasteiger partial charge in [-0.15, -0.1) is 0 Å². The average Bonchev–Trinajstić information content (AvgIpc) is 2.76. The van der Waals surface area contributed by atoms with Gasteiger partial charge in [0.2, 0.25) is 0 Å². The van der Waals surface area contributed by atoms with Gasteiger partial charge >= 0.3 is 0 Å². The van der Waals surface area contributed by atoms with E-state index in [0.717, 1.165) is 59.9 Å². The van der Waals surface area contributed by atoms with E-state index in [0.29, 0.717) is 26.3 Å². The first-order valence-corrected chi connectivity index (χ1v) is 11.5. The fourth-order valence-electron chi connectivity index (χ4n) is 3.95. The summed E-state index contributed by atoms with van der Waals surface area (Å²) < 4.78 is 11.7. The summed E-state index contributed by atoms with van der Waals surface area (Å²) in [4.78, 5) is 4.51. The molecule has 1 heterocycles. The largest absolute Gasteiger partial charge is 0.491 e. The molecule has 6 heteroatoms. The summed E-state index contributed by atoms with van der Waals surface area (Å²) in [6, 6.07) is 12.2. The van der Waals surface area contributed by atoms with Crippen LogP contribution in [-0.4, -0.2) is 84.7 Å². The minimum atomic E-state index is -0.530. The highest BCUT2D eigenvalue weighted by atomic mass is 16.5. The normalized spacial score (nSPS) is 17.2. The van der Waals surface area contributed by atoms with Crippen molar-refractivity contribution in [3.8, 4) is 11.5 Å². The Morgan fingerprint density at radius 1 is 0.688 bits per heavy atom. The van der Waals surface area contributed by atoms with Crippen LogP contribution >= 0.6 is 0 Å². The van der Waals surface area contributed by atoms with Crippen LogP contribution in [0.3, 0.4) is 0 Å². The number of hydrogen-bond acceptors (Lipinski definition) is 6. The molecule has 0 spiro atoms. The van der Waals surface area contributed by atoms with Crippen LogP contribution in [0.5, 0.6) is 11.5 Å². The molecule has 0 radical (unpaired) electrons. The molecule has 2 atom stereocenters. The van der Waals surface area contributed by atoms with Crippen molar-refractivity contribution in [3.05, 3.63) is 58.7 Å². The lowest BCUT2D eigenvalue weighted by Gasteiger charge is -2.36. The van der Waals surface area contributed by atoms with Crippen LogP contribution in [-0.2, 0) is 0 Å². The van der Waals surface area contributed by atoms with E-state index in [1.165, 1.54) is 0 Å². The van der Waals surface area contributed by atoms with Crippen molar-refractivity contribution in [1.82, 2.24) is 9.80 Å². The molecule has 0 bridgehead atoms. The molecule has 2 unspecified atom stereocenters. The van der Waals surface area contributed by atoms with E-state index in [-0.39, 0.29) is 0 Å². The van der Waals surface area contributed by atoms with Crippen molar-refractivity contribution in [2.24, 2.45) is 0 Å². The van der Waals surface area contributed by atoms with Crippen LogP contribution in [0.4, 0.5) is 0 Å². The Morgan fingerprint density at radius 3 is 1.44 bits per heavy atom. The number of benzene rings is 2. The number of aliphatic hydroxyl groups excluding tert-OH is 2. The van der Waals surface area contributed by atoms with Gasteiger partial charge in [0.05, 0.1) is 0 Å². The fraction of sp³-hybridized carbons (Fsp3) is 0.538. The lowest BCUT2D eigenvalue weighted by molar-refractivity contribution is 0.0239. The van der Waals surface area contributed by atoms with Gasteiger partial charge in [0.25, 0.3) is 0 Å². The van der Waals surface area contributed by atoms with Gasteiger partial charge < -0.3 is 19.7 Å². The molecule has 0 aliphatic carbocycles. The van der Waals surface area contributed by atoms with Crippen LogP contribution in [0.2, 0.25) is 0 Å². The molecule has 1 aliphatic rings. The standard InChI is InChI=1S/C26H38N2O4/c1-19-5-7-21(3)25(13-19)31-17-23(29)15-27-9-11-28(12-10-27)16-24(30)18-32-26-14-20(2)6-8-22(26)4/h5-8,13-14,23-24,29-30H,9-12,15-18H2,1-4H3. The Labute approximate surface area is 192 Å². The molecule has 1 fully saturated rings. The molecule has 3 rings (SSSR count). The number of aliphatic hydroxyl groups is 2. The molecule has 2 N–H and O–H groups in total. The van der Waals surface area contributed by atoms with E-state index in [2.05, 4.69) is 21.9 Å². The zero-order valence-electron chi connectivity index (χ0n) is 19.9. The topological polar surface area (TPSA) is 65.4 Å². The monoisotopic (exact) mass is 442 g/mol. The van der Waals surface area contributed by atoms with E-state index >= 15 is 0 Å². The molecule has 0 aromatic heterocycles. The van der Waals surface area contributed by atoms with Crippen LogP contribution in [0.15, 0.2) is 36.4 Å². The first-order chi connectivity index (χ1) is 15.3. The lowest BCUT2D eigenvalue weighted by Crippen LogP contribution is -2.51. The summed E-state index contributed by atoms with van der Waals surface area (Å²) in [5.74, 6) is 1.68. The smallest absolute Gasteiger partial charge is 0.122 e. The van der Waals surface area contributed by atoms with E-state index in [1.54, 1.807) is 0 Å². The summed E-state index contributed by atoms with van der Waals surface area (Å²) in [5, 5.41) is 20.8. The fourth-order valence-corrected chi connectivity index (χ4v) is 3.95. The van der Waals surface area contributed by atoms with E-state index in [4.69, 9.17) is 9.47 Å². The van der Waals surface area contributed by atoms with Gasteiger partial charge in [-0.1, -0.05) is 24.3 Å². The number of β-amino-alcohol motifs (C(OH)–C–C–N with tert-alkyl or cyclic N) is 2. The third-order valence-electron chi connectivity index (χ3n) is 5.95. The van der Waals surface area contributed by atoms with Crippen molar-refractivity contribution in [3.63, 3.8) is 0 Å². The Hall–Kier alpha value is -2.12. The molecule has 1 aliphatic heterocycles. The van der Waals surface area contributed by atoms with Crippen molar-refractivity contribution in [1.29, 1.82) is 0 Å².